The van der Waals surface area contributed by atoms with Gasteiger partial charge in [0.1, 0.15) is 5.69 Å². The van der Waals surface area contributed by atoms with Crippen molar-refractivity contribution in [1.82, 2.24) is 9.97 Å². The molecule has 0 fully saturated rings. The monoisotopic (exact) mass is 373 g/mol. The van der Waals surface area contributed by atoms with E-state index in [4.69, 9.17) is 11.6 Å². The minimum absolute atomic E-state index is 0.0939. The van der Waals surface area contributed by atoms with Crippen molar-refractivity contribution in [1.29, 1.82) is 0 Å². The van der Waals surface area contributed by atoms with Crippen LogP contribution in [0.3, 0.4) is 0 Å². The molecule has 0 saturated carbocycles. The molecule has 1 amide bonds. The first-order valence-corrected chi connectivity index (χ1v) is 8.82. The largest absolute Gasteiger partial charge is 0.356 e. The maximum atomic E-state index is 12.2. The van der Waals surface area contributed by atoms with Crippen LogP contribution in [0.1, 0.15) is 43.8 Å². The Bertz CT molecular complexity index is 945. The number of carbonyl (C=O) groups excluding carboxylic acids is 2. The number of thiazole rings is 1. The fraction of sp³-hybridized carbons (Fsp3) is 0.167. The van der Waals surface area contributed by atoms with E-state index < -0.39 is 0 Å². The smallest absolute Gasteiger partial charge is 0.273 e. The summed E-state index contributed by atoms with van der Waals surface area (Å²) in [6, 6.07) is 7.48. The van der Waals surface area contributed by atoms with Gasteiger partial charge in [-0.15, -0.1) is 11.3 Å². The zero-order chi connectivity index (χ0) is 18.0. The Hall–Kier alpha value is -2.44. The number of hydrogen-bond donors (Lipinski definition) is 2. The number of H-pyrrole nitrogens is 1. The van der Waals surface area contributed by atoms with Crippen LogP contribution >= 0.6 is 22.9 Å². The number of anilines is 1. The van der Waals surface area contributed by atoms with Crippen LogP contribution in [0.5, 0.6) is 0 Å². The fourth-order valence-corrected chi connectivity index (χ4v) is 3.33. The van der Waals surface area contributed by atoms with Gasteiger partial charge in [0, 0.05) is 34.3 Å². The van der Waals surface area contributed by atoms with Crippen molar-refractivity contribution < 1.29 is 9.59 Å². The van der Waals surface area contributed by atoms with Gasteiger partial charge in [0.05, 0.1) is 0 Å². The van der Waals surface area contributed by atoms with Gasteiger partial charge in [-0.3, -0.25) is 14.9 Å². The number of hydrogen-bond acceptors (Lipinski definition) is 4. The number of carbonyl (C=O) groups is 2. The van der Waals surface area contributed by atoms with E-state index in [9.17, 15) is 9.59 Å². The van der Waals surface area contributed by atoms with Gasteiger partial charge < -0.3 is 4.98 Å². The van der Waals surface area contributed by atoms with Gasteiger partial charge in [0.2, 0.25) is 0 Å². The van der Waals surface area contributed by atoms with Crippen molar-refractivity contribution in [3.8, 4) is 0 Å². The molecule has 1 aromatic carbocycles. The van der Waals surface area contributed by atoms with Gasteiger partial charge in [-0.05, 0) is 37.1 Å². The highest BCUT2D eigenvalue weighted by molar-refractivity contribution is 7.15. The number of aryl methyl sites for hydroxylation is 1. The predicted octanol–water partition coefficient (Wildman–Crippen LogP) is 4.48. The second-order valence-corrected chi connectivity index (χ2v) is 7.23. The summed E-state index contributed by atoms with van der Waals surface area (Å²) in [7, 11) is 0. The van der Waals surface area contributed by atoms with Gasteiger partial charge >= 0.3 is 0 Å². The molecule has 5 nitrogen and oxygen atoms in total. The average molecular weight is 374 g/mol. The third kappa shape index (κ3) is 4.15. The minimum atomic E-state index is -0.327. The number of halogens is 1. The average Bonchev–Trinajstić information content (AvgIpc) is 3.20. The molecule has 0 unspecified atom stereocenters. The Kier molecular flexibility index (Phi) is 5.01. The molecule has 25 heavy (non-hydrogen) atoms. The number of Topliss-reactive ketones (excluding diaryl/α,β-unsaturated/α-hetero) is 1. The molecule has 3 rings (SSSR count). The van der Waals surface area contributed by atoms with E-state index in [1.165, 1.54) is 30.5 Å². The van der Waals surface area contributed by atoms with E-state index in [2.05, 4.69) is 15.3 Å². The zero-order valence-electron chi connectivity index (χ0n) is 13.7. The maximum Gasteiger partial charge on any atom is 0.273 e. The van der Waals surface area contributed by atoms with Crippen molar-refractivity contribution in [3.63, 3.8) is 0 Å². The number of rotatable bonds is 5. The lowest BCUT2D eigenvalue weighted by Crippen LogP contribution is -2.11. The van der Waals surface area contributed by atoms with Gasteiger partial charge in [0.25, 0.3) is 5.91 Å². The first-order chi connectivity index (χ1) is 11.9. The molecular formula is C18H16ClN3O2S. The Morgan fingerprint density at radius 3 is 2.80 bits per heavy atom. The van der Waals surface area contributed by atoms with Crippen LogP contribution in [0.4, 0.5) is 5.13 Å². The topological polar surface area (TPSA) is 74.8 Å². The van der Waals surface area contributed by atoms with E-state index in [1.54, 1.807) is 6.20 Å². The fourth-order valence-electron chi connectivity index (χ4n) is 2.29. The highest BCUT2D eigenvalue weighted by Crippen LogP contribution is 2.24. The highest BCUT2D eigenvalue weighted by Gasteiger charge is 2.13. The molecule has 0 aliphatic rings. The molecule has 0 aliphatic carbocycles. The maximum absolute atomic E-state index is 12.2. The summed E-state index contributed by atoms with van der Waals surface area (Å²) in [6.07, 6.45) is 3.96. The molecule has 128 valence electrons. The van der Waals surface area contributed by atoms with Crippen LogP contribution < -0.4 is 5.32 Å². The molecule has 2 aromatic heterocycles. The first kappa shape index (κ1) is 17.4. The van der Waals surface area contributed by atoms with E-state index in [-0.39, 0.29) is 11.7 Å². The summed E-state index contributed by atoms with van der Waals surface area (Å²) in [4.78, 5) is 31.5. The normalized spacial score (nSPS) is 10.7. The summed E-state index contributed by atoms with van der Waals surface area (Å²) >= 11 is 7.56. The summed E-state index contributed by atoms with van der Waals surface area (Å²) in [6.45, 7) is 3.42. The number of amides is 1. The quantitative estimate of drug-likeness (QED) is 0.647. The van der Waals surface area contributed by atoms with Crippen LogP contribution in [-0.2, 0) is 6.42 Å². The van der Waals surface area contributed by atoms with Crippen LogP contribution in [0, 0.1) is 6.92 Å². The molecule has 0 bridgehead atoms. The lowest BCUT2D eigenvalue weighted by Gasteiger charge is -2.02. The lowest BCUT2D eigenvalue weighted by atomic mass is 10.1. The van der Waals surface area contributed by atoms with E-state index in [0.717, 1.165) is 21.0 Å². The van der Waals surface area contributed by atoms with Crippen LogP contribution in [0.15, 0.2) is 36.7 Å². The van der Waals surface area contributed by atoms with Crippen molar-refractivity contribution in [2.45, 2.75) is 20.3 Å². The third-order valence-corrected chi connectivity index (χ3v) is 5.04. The predicted molar refractivity (Wildman–Crippen MR) is 99.9 cm³/mol. The molecular weight excluding hydrogens is 358 g/mol. The Balaban J connectivity index is 1.67. The van der Waals surface area contributed by atoms with E-state index >= 15 is 0 Å². The zero-order valence-corrected chi connectivity index (χ0v) is 15.3. The van der Waals surface area contributed by atoms with Crippen molar-refractivity contribution in [2.24, 2.45) is 0 Å². The Morgan fingerprint density at radius 2 is 2.12 bits per heavy atom. The van der Waals surface area contributed by atoms with E-state index in [0.29, 0.717) is 22.8 Å². The standard InChI is InChI=1S/C18H16ClN3O2S/c1-10-3-4-12(6-15(10)19)5-14-9-21-18(25-14)22-17(24)16-7-13(8-20-16)11(2)23/h3-4,6-9,20H,5H2,1-2H3,(H,21,22,24). The number of nitrogens with one attached hydrogen (secondary N) is 2. The highest BCUT2D eigenvalue weighted by atomic mass is 35.5. The SMILES string of the molecule is CC(=O)c1c[nH]c(C(=O)Nc2ncc(Cc3ccc(C)c(Cl)c3)s2)c1. The molecule has 7 heteroatoms. The third-order valence-electron chi connectivity index (χ3n) is 3.72. The Morgan fingerprint density at radius 1 is 1.32 bits per heavy atom. The second-order valence-electron chi connectivity index (χ2n) is 5.70. The van der Waals surface area contributed by atoms with Crippen LogP contribution in [-0.4, -0.2) is 21.7 Å². The van der Waals surface area contributed by atoms with Crippen molar-refractivity contribution >= 4 is 39.8 Å². The lowest BCUT2D eigenvalue weighted by molar-refractivity contribution is 0.101. The molecule has 0 spiro atoms. The van der Waals surface area contributed by atoms with Crippen molar-refractivity contribution in [3.05, 3.63) is 68.9 Å². The summed E-state index contributed by atoms with van der Waals surface area (Å²) in [5.74, 6) is -0.421. The number of aromatic nitrogens is 2. The number of nitrogens with zero attached hydrogens (tertiary/aromatic N) is 1. The van der Waals surface area contributed by atoms with E-state index in [1.807, 2.05) is 25.1 Å². The van der Waals surface area contributed by atoms with Gasteiger partial charge in [-0.25, -0.2) is 4.98 Å². The van der Waals surface area contributed by atoms with Gasteiger partial charge in [-0.1, -0.05) is 23.7 Å². The van der Waals surface area contributed by atoms with Crippen LogP contribution in [0.2, 0.25) is 5.02 Å². The van der Waals surface area contributed by atoms with Crippen molar-refractivity contribution in [2.75, 3.05) is 5.32 Å². The molecule has 2 N–H and O–H groups in total. The molecule has 0 aliphatic heterocycles. The summed E-state index contributed by atoms with van der Waals surface area (Å²) < 4.78 is 0. The van der Waals surface area contributed by atoms with Crippen LogP contribution in [0.25, 0.3) is 0 Å². The Labute approximate surface area is 154 Å². The number of ketones is 1. The number of aromatic amines is 1. The summed E-state index contributed by atoms with van der Waals surface area (Å²) in [5, 5.41) is 3.99. The molecule has 3 aromatic rings. The molecule has 0 atom stereocenters. The second kappa shape index (κ2) is 7.21. The van der Waals surface area contributed by atoms with Gasteiger partial charge in [0.15, 0.2) is 10.9 Å². The summed E-state index contributed by atoms with van der Waals surface area (Å²) in [5.41, 5.74) is 2.93. The van der Waals surface area contributed by atoms with Gasteiger partial charge in [-0.2, -0.15) is 0 Å². The molecule has 0 radical (unpaired) electrons. The first-order valence-electron chi connectivity index (χ1n) is 7.63. The number of benzene rings is 1. The molecule has 0 saturated heterocycles. The molecule has 2 heterocycles. The minimum Gasteiger partial charge on any atom is -0.356 e.